The van der Waals surface area contributed by atoms with Crippen LogP contribution >= 0.6 is 0 Å². The van der Waals surface area contributed by atoms with Crippen molar-refractivity contribution < 1.29 is 4.74 Å². The summed E-state index contributed by atoms with van der Waals surface area (Å²) in [7, 11) is 1.69. The monoisotopic (exact) mass is 325 g/mol. The second kappa shape index (κ2) is 10.7. The summed E-state index contributed by atoms with van der Waals surface area (Å²) in [5, 5.41) is 3.42. The van der Waals surface area contributed by atoms with Crippen LogP contribution in [0, 0.1) is 0 Å². The maximum atomic E-state index is 5.18. The van der Waals surface area contributed by atoms with Crippen LogP contribution in [-0.2, 0) is 6.42 Å². The predicted octanol–water partition coefficient (Wildman–Crippen LogP) is 6.73. The fraction of sp³-hybridized carbons (Fsp3) is 0.455. The molecule has 1 N–H and O–H groups in total. The lowest BCUT2D eigenvalue weighted by molar-refractivity contribution is 0.415. The van der Waals surface area contributed by atoms with Gasteiger partial charge in [-0.1, -0.05) is 57.6 Å². The van der Waals surface area contributed by atoms with E-state index in [0.717, 1.165) is 17.1 Å². The van der Waals surface area contributed by atoms with E-state index in [1.165, 1.54) is 56.9 Å². The largest absolute Gasteiger partial charge is 0.497 e. The van der Waals surface area contributed by atoms with E-state index in [2.05, 4.69) is 36.5 Å². The maximum Gasteiger partial charge on any atom is 0.119 e. The first-order chi connectivity index (χ1) is 11.8. The third-order valence-corrected chi connectivity index (χ3v) is 4.40. The van der Waals surface area contributed by atoms with E-state index in [1.807, 2.05) is 24.3 Å². The van der Waals surface area contributed by atoms with Crippen molar-refractivity contribution in [2.24, 2.45) is 0 Å². The average Bonchev–Trinajstić information content (AvgIpc) is 2.63. The van der Waals surface area contributed by atoms with E-state index >= 15 is 0 Å². The molecule has 0 aromatic heterocycles. The molecule has 0 spiro atoms. The van der Waals surface area contributed by atoms with E-state index in [9.17, 15) is 0 Å². The van der Waals surface area contributed by atoms with E-state index in [-0.39, 0.29) is 0 Å². The zero-order valence-corrected chi connectivity index (χ0v) is 15.2. The molecule has 0 radical (unpaired) electrons. The fourth-order valence-corrected chi connectivity index (χ4v) is 2.88. The van der Waals surface area contributed by atoms with E-state index in [1.54, 1.807) is 7.11 Å². The number of hydrogen-bond donors (Lipinski definition) is 1. The van der Waals surface area contributed by atoms with Crippen molar-refractivity contribution in [3.05, 3.63) is 54.1 Å². The SMILES string of the molecule is CCCCCCCCCc1ccc(Nc2ccc(OC)cc2)cc1. The summed E-state index contributed by atoms with van der Waals surface area (Å²) in [6.45, 7) is 2.27. The summed E-state index contributed by atoms with van der Waals surface area (Å²) in [6, 6.07) is 16.8. The molecule has 0 atom stereocenters. The van der Waals surface area contributed by atoms with E-state index in [4.69, 9.17) is 4.74 Å². The van der Waals surface area contributed by atoms with Gasteiger partial charge in [0.1, 0.15) is 5.75 Å². The summed E-state index contributed by atoms with van der Waals surface area (Å²) >= 11 is 0. The summed E-state index contributed by atoms with van der Waals surface area (Å²) in [6.07, 6.45) is 10.8. The van der Waals surface area contributed by atoms with Gasteiger partial charge in [-0.05, 0) is 54.8 Å². The molecule has 0 amide bonds. The quantitative estimate of drug-likeness (QED) is 0.462. The summed E-state index contributed by atoms with van der Waals surface area (Å²) < 4.78 is 5.18. The molecule has 0 bridgehead atoms. The minimum atomic E-state index is 0.880. The van der Waals surface area contributed by atoms with Crippen molar-refractivity contribution in [2.75, 3.05) is 12.4 Å². The third kappa shape index (κ3) is 6.66. The molecule has 2 nitrogen and oxygen atoms in total. The van der Waals surface area contributed by atoms with Gasteiger partial charge in [0, 0.05) is 11.4 Å². The van der Waals surface area contributed by atoms with Crippen LogP contribution in [0.1, 0.15) is 57.4 Å². The van der Waals surface area contributed by atoms with Gasteiger partial charge < -0.3 is 10.1 Å². The van der Waals surface area contributed by atoms with Crippen molar-refractivity contribution in [3.8, 4) is 5.75 Å². The standard InChI is InChI=1S/C22H31NO/c1-3-4-5-6-7-8-9-10-19-11-13-20(14-12-19)23-21-15-17-22(24-2)18-16-21/h11-18,23H,3-10H2,1-2H3. The Morgan fingerprint density at radius 3 is 1.83 bits per heavy atom. The van der Waals surface area contributed by atoms with Gasteiger partial charge in [0.2, 0.25) is 0 Å². The predicted molar refractivity (Wildman–Crippen MR) is 104 cm³/mol. The number of aryl methyl sites for hydroxylation is 1. The van der Waals surface area contributed by atoms with Gasteiger partial charge in [0.15, 0.2) is 0 Å². The second-order valence-electron chi connectivity index (χ2n) is 6.42. The molecule has 0 heterocycles. The summed E-state index contributed by atoms with van der Waals surface area (Å²) in [5.41, 5.74) is 3.64. The first-order valence-electron chi connectivity index (χ1n) is 9.32. The molecule has 2 heteroatoms. The zero-order chi connectivity index (χ0) is 17.0. The Balaban J connectivity index is 1.70. The number of unbranched alkanes of at least 4 members (excludes halogenated alkanes) is 6. The number of nitrogens with one attached hydrogen (secondary N) is 1. The molecule has 0 saturated heterocycles. The molecule has 0 aliphatic rings. The Kier molecular flexibility index (Phi) is 8.23. The van der Waals surface area contributed by atoms with Gasteiger partial charge in [0.25, 0.3) is 0 Å². The van der Waals surface area contributed by atoms with Gasteiger partial charge in [-0.15, -0.1) is 0 Å². The minimum absolute atomic E-state index is 0.880. The van der Waals surface area contributed by atoms with Crippen LogP contribution in [0.5, 0.6) is 5.75 Å². The van der Waals surface area contributed by atoms with Gasteiger partial charge in [-0.25, -0.2) is 0 Å². The third-order valence-electron chi connectivity index (χ3n) is 4.40. The Morgan fingerprint density at radius 2 is 1.25 bits per heavy atom. The van der Waals surface area contributed by atoms with Crippen LogP contribution in [0.4, 0.5) is 11.4 Å². The average molecular weight is 325 g/mol. The van der Waals surface area contributed by atoms with Gasteiger partial charge in [-0.2, -0.15) is 0 Å². The van der Waals surface area contributed by atoms with Crippen LogP contribution in [0.15, 0.2) is 48.5 Å². The molecule has 130 valence electrons. The Morgan fingerprint density at radius 1 is 0.708 bits per heavy atom. The molecule has 0 fully saturated rings. The lowest BCUT2D eigenvalue weighted by Gasteiger charge is -2.08. The highest BCUT2D eigenvalue weighted by Gasteiger charge is 1.98. The topological polar surface area (TPSA) is 21.3 Å². The highest BCUT2D eigenvalue weighted by atomic mass is 16.5. The molecule has 0 aliphatic carbocycles. The van der Waals surface area contributed by atoms with Crippen molar-refractivity contribution in [1.82, 2.24) is 0 Å². The van der Waals surface area contributed by atoms with Gasteiger partial charge >= 0.3 is 0 Å². The molecule has 2 aromatic carbocycles. The lowest BCUT2D eigenvalue weighted by atomic mass is 10.0. The summed E-state index contributed by atoms with van der Waals surface area (Å²) in [5.74, 6) is 0.880. The lowest BCUT2D eigenvalue weighted by Crippen LogP contribution is -1.92. The first kappa shape index (κ1) is 18.4. The Bertz CT molecular complexity index is 560. The Hall–Kier alpha value is -1.96. The smallest absolute Gasteiger partial charge is 0.119 e. The van der Waals surface area contributed by atoms with E-state index < -0.39 is 0 Å². The van der Waals surface area contributed by atoms with Crippen LogP contribution < -0.4 is 10.1 Å². The highest BCUT2D eigenvalue weighted by molar-refractivity contribution is 5.60. The minimum Gasteiger partial charge on any atom is -0.497 e. The molecule has 24 heavy (non-hydrogen) atoms. The van der Waals surface area contributed by atoms with Gasteiger partial charge in [0.05, 0.1) is 7.11 Å². The fourth-order valence-electron chi connectivity index (χ4n) is 2.88. The van der Waals surface area contributed by atoms with Crippen LogP contribution in [0.25, 0.3) is 0 Å². The first-order valence-corrected chi connectivity index (χ1v) is 9.32. The van der Waals surface area contributed by atoms with Crippen molar-refractivity contribution in [3.63, 3.8) is 0 Å². The number of benzene rings is 2. The normalized spacial score (nSPS) is 10.6. The molecule has 0 saturated carbocycles. The number of ether oxygens (including phenoxy) is 1. The molecule has 0 aliphatic heterocycles. The van der Waals surface area contributed by atoms with E-state index in [0.29, 0.717) is 0 Å². The van der Waals surface area contributed by atoms with Crippen LogP contribution in [0.3, 0.4) is 0 Å². The van der Waals surface area contributed by atoms with Crippen LogP contribution in [-0.4, -0.2) is 7.11 Å². The number of methoxy groups -OCH3 is 1. The second-order valence-corrected chi connectivity index (χ2v) is 6.42. The molecule has 0 unspecified atom stereocenters. The molecular formula is C22H31NO. The molecule has 2 rings (SSSR count). The number of rotatable bonds is 11. The number of anilines is 2. The van der Waals surface area contributed by atoms with Crippen molar-refractivity contribution >= 4 is 11.4 Å². The van der Waals surface area contributed by atoms with Crippen molar-refractivity contribution in [2.45, 2.75) is 58.3 Å². The van der Waals surface area contributed by atoms with Crippen LogP contribution in [0.2, 0.25) is 0 Å². The van der Waals surface area contributed by atoms with Crippen molar-refractivity contribution in [1.29, 1.82) is 0 Å². The Labute approximate surface area is 147 Å². The molecule has 2 aromatic rings. The van der Waals surface area contributed by atoms with Gasteiger partial charge in [-0.3, -0.25) is 0 Å². The molecular weight excluding hydrogens is 294 g/mol. The number of hydrogen-bond acceptors (Lipinski definition) is 2. The highest BCUT2D eigenvalue weighted by Crippen LogP contribution is 2.20. The zero-order valence-electron chi connectivity index (χ0n) is 15.2. The summed E-state index contributed by atoms with van der Waals surface area (Å²) in [4.78, 5) is 0. The maximum absolute atomic E-state index is 5.18.